The molecule has 0 radical (unpaired) electrons. The van der Waals surface area contributed by atoms with Crippen LogP contribution in [0.15, 0.2) is 24.3 Å². The molecule has 0 saturated heterocycles. The van der Waals surface area contributed by atoms with Crippen LogP contribution < -0.4 is 5.73 Å². The molecular weight excluding hydrogens is 241 g/mol. The van der Waals surface area contributed by atoms with Crippen LogP contribution in [0.5, 0.6) is 0 Å². The average Bonchev–Trinajstić information content (AvgIpc) is 2.13. The minimum Gasteiger partial charge on any atom is -0.326 e. The Morgan fingerprint density at radius 1 is 1.33 bits per heavy atom. The average molecular weight is 260 g/mol. The van der Waals surface area contributed by atoms with E-state index in [4.69, 9.17) is 5.73 Å². The van der Waals surface area contributed by atoms with Crippen LogP contribution in [0.3, 0.4) is 0 Å². The van der Waals surface area contributed by atoms with Crippen molar-refractivity contribution in [1.29, 1.82) is 0 Å². The van der Waals surface area contributed by atoms with E-state index in [0.717, 1.165) is 11.1 Å². The van der Waals surface area contributed by atoms with Crippen molar-refractivity contribution in [2.75, 3.05) is 7.05 Å². The molecule has 0 aliphatic rings. The second kappa shape index (κ2) is 5.71. The summed E-state index contributed by atoms with van der Waals surface area (Å²) in [4.78, 5) is 1.25. The fourth-order valence-corrected chi connectivity index (χ4v) is 2.15. The second-order valence-electron chi connectivity index (χ2n) is 4.75. The Labute approximate surface area is 106 Å². The van der Waals surface area contributed by atoms with E-state index in [2.05, 4.69) is 0 Å². The second-order valence-corrected chi connectivity index (χ2v) is 4.75. The van der Waals surface area contributed by atoms with Crippen LogP contribution >= 0.6 is 0 Å². The lowest BCUT2D eigenvalue weighted by molar-refractivity contribution is -0.186. The quantitative estimate of drug-likeness (QED) is 0.902. The first-order valence-electron chi connectivity index (χ1n) is 5.80. The molecule has 102 valence electrons. The van der Waals surface area contributed by atoms with Crippen molar-refractivity contribution in [2.24, 2.45) is 5.73 Å². The molecule has 1 aromatic rings. The first-order valence-corrected chi connectivity index (χ1v) is 5.80. The zero-order valence-corrected chi connectivity index (χ0v) is 10.8. The van der Waals surface area contributed by atoms with E-state index >= 15 is 0 Å². The summed E-state index contributed by atoms with van der Waals surface area (Å²) < 4.78 is 38.6. The maximum Gasteiger partial charge on any atom is 0.405 e. The zero-order chi connectivity index (χ0) is 13.9. The Morgan fingerprint density at radius 2 is 1.94 bits per heavy atom. The van der Waals surface area contributed by atoms with Crippen LogP contribution in [0.25, 0.3) is 0 Å². The van der Waals surface area contributed by atoms with E-state index in [1.807, 2.05) is 31.2 Å². The van der Waals surface area contributed by atoms with Crippen molar-refractivity contribution >= 4 is 0 Å². The SMILES string of the molecule is Cc1cccc(CN(C)C(C(C)N)C(F)(F)F)c1. The van der Waals surface area contributed by atoms with Gasteiger partial charge in [0.05, 0.1) is 0 Å². The van der Waals surface area contributed by atoms with Crippen LogP contribution in [0, 0.1) is 6.92 Å². The van der Waals surface area contributed by atoms with Gasteiger partial charge in [0.2, 0.25) is 0 Å². The van der Waals surface area contributed by atoms with E-state index in [-0.39, 0.29) is 6.54 Å². The smallest absolute Gasteiger partial charge is 0.326 e. The van der Waals surface area contributed by atoms with Crippen LogP contribution in [0.2, 0.25) is 0 Å². The van der Waals surface area contributed by atoms with E-state index in [1.54, 1.807) is 0 Å². The van der Waals surface area contributed by atoms with Gasteiger partial charge < -0.3 is 5.73 Å². The fourth-order valence-electron chi connectivity index (χ4n) is 2.15. The first-order chi connectivity index (χ1) is 8.21. The van der Waals surface area contributed by atoms with Crippen molar-refractivity contribution in [3.63, 3.8) is 0 Å². The summed E-state index contributed by atoms with van der Waals surface area (Å²) in [7, 11) is 1.45. The van der Waals surface area contributed by atoms with Gasteiger partial charge in [0, 0.05) is 12.6 Å². The molecule has 0 saturated carbocycles. The van der Waals surface area contributed by atoms with Gasteiger partial charge in [-0.05, 0) is 26.5 Å². The number of alkyl halides is 3. The maximum absolute atomic E-state index is 12.9. The predicted octanol–water partition coefficient (Wildman–Crippen LogP) is 2.70. The van der Waals surface area contributed by atoms with Crippen LogP contribution in [0.4, 0.5) is 13.2 Å². The zero-order valence-electron chi connectivity index (χ0n) is 10.8. The summed E-state index contributed by atoms with van der Waals surface area (Å²) in [5, 5.41) is 0. The highest BCUT2D eigenvalue weighted by atomic mass is 19.4. The van der Waals surface area contributed by atoms with Gasteiger partial charge in [-0.3, -0.25) is 4.90 Å². The van der Waals surface area contributed by atoms with Crippen molar-refractivity contribution in [2.45, 2.75) is 38.7 Å². The van der Waals surface area contributed by atoms with Gasteiger partial charge in [-0.2, -0.15) is 13.2 Å². The van der Waals surface area contributed by atoms with Crippen molar-refractivity contribution in [3.8, 4) is 0 Å². The van der Waals surface area contributed by atoms with Gasteiger partial charge in [-0.15, -0.1) is 0 Å². The third kappa shape index (κ3) is 3.99. The molecule has 0 aliphatic heterocycles. The minimum atomic E-state index is -4.31. The summed E-state index contributed by atoms with van der Waals surface area (Å²) in [6.07, 6.45) is -4.31. The first kappa shape index (κ1) is 15.0. The van der Waals surface area contributed by atoms with E-state index < -0.39 is 18.3 Å². The minimum absolute atomic E-state index is 0.230. The Bertz CT molecular complexity index is 388. The maximum atomic E-state index is 12.9. The van der Waals surface area contributed by atoms with Crippen molar-refractivity contribution in [3.05, 3.63) is 35.4 Å². The molecule has 2 unspecified atom stereocenters. The monoisotopic (exact) mass is 260 g/mol. The Hall–Kier alpha value is -1.07. The topological polar surface area (TPSA) is 29.3 Å². The van der Waals surface area contributed by atoms with Crippen LogP contribution in [0.1, 0.15) is 18.1 Å². The molecule has 0 aromatic heterocycles. The fraction of sp³-hybridized carbons (Fsp3) is 0.538. The van der Waals surface area contributed by atoms with E-state index in [0.29, 0.717) is 0 Å². The van der Waals surface area contributed by atoms with Gasteiger partial charge >= 0.3 is 6.18 Å². The molecule has 2 atom stereocenters. The summed E-state index contributed by atoms with van der Waals surface area (Å²) in [5.74, 6) is 0. The van der Waals surface area contributed by atoms with Gasteiger partial charge in [0.15, 0.2) is 0 Å². The molecule has 18 heavy (non-hydrogen) atoms. The number of hydrogen-bond acceptors (Lipinski definition) is 2. The predicted molar refractivity (Wildman–Crippen MR) is 66.1 cm³/mol. The number of hydrogen-bond donors (Lipinski definition) is 1. The molecular formula is C13H19F3N2. The molecule has 0 heterocycles. The van der Waals surface area contributed by atoms with Crippen molar-refractivity contribution in [1.82, 2.24) is 4.90 Å². The molecule has 0 bridgehead atoms. The molecule has 2 N–H and O–H groups in total. The van der Waals surface area contributed by atoms with Crippen LogP contribution in [-0.4, -0.2) is 30.2 Å². The molecule has 0 fully saturated rings. The molecule has 1 aromatic carbocycles. The van der Waals surface area contributed by atoms with Crippen molar-refractivity contribution < 1.29 is 13.2 Å². The Balaban J connectivity index is 2.82. The third-order valence-corrected chi connectivity index (χ3v) is 2.82. The molecule has 0 spiro atoms. The Kier molecular flexibility index (Phi) is 4.76. The summed E-state index contributed by atoms with van der Waals surface area (Å²) in [6.45, 7) is 3.52. The highest BCUT2D eigenvalue weighted by molar-refractivity contribution is 5.22. The largest absolute Gasteiger partial charge is 0.405 e. The molecule has 2 nitrogen and oxygen atoms in total. The number of nitrogens with zero attached hydrogens (tertiary/aromatic N) is 1. The lowest BCUT2D eigenvalue weighted by Crippen LogP contribution is -2.53. The van der Waals surface area contributed by atoms with Crippen LogP contribution in [-0.2, 0) is 6.54 Å². The molecule has 0 aliphatic carbocycles. The lowest BCUT2D eigenvalue weighted by atomic mass is 10.1. The number of nitrogens with two attached hydrogens (primary N) is 1. The number of likely N-dealkylation sites (N-methyl/N-ethyl adjacent to an activating group) is 1. The normalized spacial score (nSPS) is 15.8. The summed E-state index contributed by atoms with van der Waals surface area (Å²) >= 11 is 0. The number of rotatable bonds is 4. The van der Waals surface area contributed by atoms with Gasteiger partial charge in [-0.1, -0.05) is 29.8 Å². The molecule has 5 heteroatoms. The van der Waals surface area contributed by atoms with Gasteiger partial charge in [0.1, 0.15) is 6.04 Å². The lowest BCUT2D eigenvalue weighted by Gasteiger charge is -2.32. The highest BCUT2D eigenvalue weighted by Gasteiger charge is 2.44. The number of aryl methyl sites for hydroxylation is 1. The summed E-state index contributed by atoms with van der Waals surface area (Å²) in [6, 6.07) is 4.87. The summed E-state index contributed by atoms with van der Waals surface area (Å²) in [5.41, 5.74) is 7.33. The van der Waals surface area contributed by atoms with E-state index in [9.17, 15) is 13.2 Å². The third-order valence-electron chi connectivity index (χ3n) is 2.82. The van der Waals surface area contributed by atoms with E-state index in [1.165, 1.54) is 18.9 Å². The Morgan fingerprint density at radius 3 is 2.39 bits per heavy atom. The molecule has 0 amide bonds. The number of halogens is 3. The standard InChI is InChI=1S/C13H19F3N2/c1-9-5-4-6-11(7-9)8-18(3)12(10(2)17)13(14,15)16/h4-7,10,12H,8,17H2,1-3H3. The van der Waals surface area contributed by atoms with Gasteiger partial charge in [-0.25, -0.2) is 0 Å². The molecule has 1 rings (SSSR count). The van der Waals surface area contributed by atoms with Gasteiger partial charge in [0.25, 0.3) is 0 Å². The highest BCUT2D eigenvalue weighted by Crippen LogP contribution is 2.27. The number of benzene rings is 1.